The van der Waals surface area contributed by atoms with E-state index < -0.39 is 0 Å². The Morgan fingerprint density at radius 3 is 1.24 bits per heavy atom. The minimum atomic E-state index is -0.0972. The molecule has 0 aromatic carbocycles. The molecule has 0 amide bonds. The molecule has 0 radical (unpaired) electrons. The van der Waals surface area contributed by atoms with Crippen LogP contribution in [0.4, 0.5) is 0 Å². The molecule has 0 unspecified atom stereocenters. The van der Waals surface area contributed by atoms with Crippen LogP contribution >= 0.6 is 0 Å². The highest BCUT2D eigenvalue weighted by molar-refractivity contribution is 4.44. The maximum atomic E-state index is 5.33. The second-order valence-electron chi connectivity index (χ2n) is 4.05. The fourth-order valence-electron chi connectivity index (χ4n) is 1.54. The van der Waals surface area contributed by atoms with E-state index in [0.29, 0.717) is 19.8 Å². The lowest BCUT2D eigenvalue weighted by Gasteiger charge is -2.15. The molecule has 0 fully saturated rings. The van der Waals surface area contributed by atoms with Gasteiger partial charge in [-0.05, 0) is 40.7 Å². The molecular formula is C16H39NO4. The number of ether oxygens (including phenoxy) is 4. The van der Waals surface area contributed by atoms with Gasteiger partial charge in [-0.3, -0.25) is 0 Å². The first-order valence-electron chi connectivity index (χ1n) is 7.86. The number of nitrogens with two attached hydrogens (primary N) is 1. The third-order valence-corrected chi connectivity index (χ3v) is 2.34. The van der Waals surface area contributed by atoms with Crippen molar-refractivity contribution in [2.75, 3.05) is 33.0 Å². The molecule has 0 aliphatic heterocycles. The zero-order chi connectivity index (χ0) is 15.6. The first kappa shape index (κ1) is 25.7. The van der Waals surface area contributed by atoms with Crippen molar-refractivity contribution in [3.05, 3.63) is 0 Å². The zero-order valence-corrected chi connectivity index (χ0v) is 14.0. The van der Waals surface area contributed by atoms with Crippen molar-refractivity contribution in [2.45, 2.75) is 73.9 Å². The maximum absolute atomic E-state index is 5.33. The SMILES string of the molecule is C.CCCC(OCC)OCC.CCOC(CCN)OCC. The van der Waals surface area contributed by atoms with Crippen molar-refractivity contribution in [3.63, 3.8) is 0 Å². The molecule has 2 N–H and O–H groups in total. The summed E-state index contributed by atoms with van der Waals surface area (Å²) in [5.74, 6) is 0. The monoisotopic (exact) mass is 309 g/mol. The highest BCUT2D eigenvalue weighted by Crippen LogP contribution is 2.03. The van der Waals surface area contributed by atoms with Crippen LogP contribution in [0.3, 0.4) is 0 Å². The quantitative estimate of drug-likeness (QED) is 0.558. The Hall–Kier alpha value is -0.200. The van der Waals surface area contributed by atoms with Crippen LogP contribution in [0.5, 0.6) is 0 Å². The fraction of sp³-hybridized carbons (Fsp3) is 1.00. The second kappa shape index (κ2) is 22.1. The number of hydrogen-bond donors (Lipinski definition) is 1. The number of rotatable bonds is 12. The Morgan fingerprint density at radius 2 is 1.00 bits per heavy atom. The molecule has 0 saturated carbocycles. The Balaban J connectivity index is -0.000000295. The van der Waals surface area contributed by atoms with Crippen LogP contribution in [0.25, 0.3) is 0 Å². The molecule has 21 heavy (non-hydrogen) atoms. The fourth-order valence-corrected chi connectivity index (χ4v) is 1.54. The summed E-state index contributed by atoms with van der Waals surface area (Å²) in [5, 5.41) is 0. The molecule has 5 nitrogen and oxygen atoms in total. The third-order valence-electron chi connectivity index (χ3n) is 2.34. The highest BCUT2D eigenvalue weighted by Gasteiger charge is 2.04. The molecule has 5 heteroatoms. The van der Waals surface area contributed by atoms with Gasteiger partial charge < -0.3 is 24.7 Å². The molecule has 0 rings (SSSR count). The van der Waals surface area contributed by atoms with E-state index in [9.17, 15) is 0 Å². The van der Waals surface area contributed by atoms with Gasteiger partial charge in [0.15, 0.2) is 12.6 Å². The summed E-state index contributed by atoms with van der Waals surface area (Å²) in [7, 11) is 0. The van der Waals surface area contributed by atoms with E-state index in [1.165, 1.54) is 0 Å². The van der Waals surface area contributed by atoms with Gasteiger partial charge in [-0.1, -0.05) is 20.8 Å². The smallest absolute Gasteiger partial charge is 0.158 e. The summed E-state index contributed by atoms with van der Waals surface area (Å²) in [6.45, 7) is 13.5. The lowest BCUT2D eigenvalue weighted by atomic mass is 10.3. The van der Waals surface area contributed by atoms with E-state index in [4.69, 9.17) is 24.7 Å². The van der Waals surface area contributed by atoms with Crippen molar-refractivity contribution >= 4 is 0 Å². The van der Waals surface area contributed by atoms with Crippen molar-refractivity contribution in [3.8, 4) is 0 Å². The Labute approximate surface area is 132 Å². The summed E-state index contributed by atoms with van der Waals surface area (Å²) in [4.78, 5) is 0. The molecular weight excluding hydrogens is 270 g/mol. The summed E-state index contributed by atoms with van der Waals surface area (Å²) >= 11 is 0. The Bertz CT molecular complexity index is 124. The summed E-state index contributed by atoms with van der Waals surface area (Å²) in [6, 6.07) is 0. The largest absolute Gasteiger partial charge is 0.353 e. The molecule has 0 spiro atoms. The van der Waals surface area contributed by atoms with Crippen molar-refractivity contribution in [1.29, 1.82) is 0 Å². The summed E-state index contributed by atoms with van der Waals surface area (Å²) in [6.07, 6.45) is 2.83. The van der Waals surface area contributed by atoms with Crippen LogP contribution in [-0.2, 0) is 18.9 Å². The highest BCUT2D eigenvalue weighted by atomic mass is 16.7. The average molecular weight is 309 g/mol. The van der Waals surface area contributed by atoms with Crippen LogP contribution in [0.1, 0.15) is 61.3 Å². The van der Waals surface area contributed by atoms with Gasteiger partial charge in [0.2, 0.25) is 0 Å². The Morgan fingerprint density at radius 1 is 0.667 bits per heavy atom. The third kappa shape index (κ3) is 19.8. The minimum Gasteiger partial charge on any atom is -0.353 e. The standard InChI is InChI=1S/C8H18O2.C7H17NO2.CH4/c1-4-7-8(9-5-2)10-6-3;1-3-9-7(5-6-8)10-4-2;/h8H,4-7H2,1-3H3;7H,3-6,8H2,1-2H3;1H4. The van der Waals surface area contributed by atoms with E-state index in [1.807, 2.05) is 27.7 Å². The normalized spacial score (nSPS) is 10.3. The summed E-state index contributed by atoms with van der Waals surface area (Å²) in [5.41, 5.74) is 5.33. The lowest BCUT2D eigenvalue weighted by Crippen LogP contribution is -2.21. The van der Waals surface area contributed by atoms with Crippen LogP contribution < -0.4 is 5.73 Å². The Kier molecular flexibility index (Phi) is 27.1. The van der Waals surface area contributed by atoms with Gasteiger partial charge in [0, 0.05) is 32.8 Å². The molecule has 132 valence electrons. The molecule has 0 aromatic heterocycles. The first-order valence-corrected chi connectivity index (χ1v) is 7.86. The van der Waals surface area contributed by atoms with Gasteiger partial charge in [-0.25, -0.2) is 0 Å². The van der Waals surface area contributed by atoms with Crippen LogP contribution in [0, 0.1) is 0 Å². The van der Waals surface area contributed by atoms with E-state index in [-0.39, 0.29) is 20.0 Å². The first-order chi connectivity index (χ1) is 9.69. The van der Waals surface area contributed by atoms with Gasteiger partial charge in [0.1, 0.15) is 0 Å². The topological polar surface area (TPSA) is 62.9 Å². The predicted molar refractivity (Wildman–Crippen MR) is 89.4 cm³/mol. The molecule has 0 aliphatic rings. The lowest BCUT2D eigenvalue weighted by molar-refractivity contribution is -0.139. The van der Waals surface area contributed by atoms with Crippen molar-refractivity contribution in [2.24, 2.45) is 5.73 Å². The van der Waals surface area contributed by atoms with Crippen molar-refractivity contribution < 1.29 is 18.9 Å². The van der Waals surface area contributed by atoms with Crippen LogP contribution in [-0.4, -0.2) is 45.6 Å². The van der Waals surface area contributed by atoms with E-state index >= 15 is 0 Å². The maximum Gasteiger partial charge on any atom is 0.158 e. The van der Waals surface area contributed by atoms with Crippen molar-refractivity contribution in [1.82, 2.24) is 0 Å². The van der Waals surface area contributed by atoms with Gasteiger partial charge in [-0.15, -0.1) is 0 Å². The molecule has 0 aliphatic carbocycles. The van der Waals surface area contributed by atoms with E-state index in [1.54, 1.807) is 0 Å². The average Bonchev–Trinajstić information content (AvgIpc) is 2.41. The zero-order valence-electron chi connectivity index (χ0n) is 14.0. The molecule has 0 aromatic rings. The van der Waals surface area contributed by atoms with Crippen LogP contribution in [0.2, 0.25) is 0 Å². The molecule has 0 atom stereocenters. The summed E-state index contributed by atoms with van der Waals surface area (Å²) < 4.78 is 21.0. The molecule has 0 heterocycles. The van der Waals surface area contributed by atoms with Gasteiger partial charge in [0.05, 0.1) is 0 Å². The number of hydrogen-bond acceptors (Lipinski definition) is 5. The van der Waals surface area contributed by atoms with Crippen LogP contribution in [0.15, 0.2) is 0 Å². The predicted octanol–water partition coefficient (Wildman–Crippen LogP) is 3.56. The molecule has 0 bridgehead atoms. The van der Waals surface area contributed by atoms with Gasteiger partial charge in [0.25, 0.3) is 0 Å². The van der Waals surface area contributed by atoms with E-state index in [2.05, 4.69) is 6.92 Å². The van der Waals surface area contributed by atoms with Gasteiger partial charge >= 0.3 is 0 Å². The van der Waals surface area contributed by atoms with Gasteiger partial charge in [-0.2, -0.15) is 0 Å². The molecule has 0 saturated heterocycles. The second-order valence-corrected chi connectivity index (χ2v) is 4.05. The minimum absolute atomic E-state index is 0. The van der Waals surface area contributed by atoms with E-state index in [0.717, 1.165) is 32.5 Å².